The molecule has 0 aliphatic rings. The first-order chi connectivity index (χ1) is 19.5. The molecule has 8 nitrogen and oxygen atoms in total. The number of anilines is 1. The van der Waals surface area contributed by atoms with Crippen molar-refractivity contribution in [3.63, 3.8) is 0 Å². The molecule has 0 radical (unpaired) electrons. The van der Waals surface area contributed by atoms with Gasteiger partial charge in [0.25, 0.3) is 10.0 Å². The molecule has 1 atom stereocenters. The zero-order chi connectivity index (χ0) is 30.2. The molecule has 0 fully saturated rings. The number of carbonyl (C=O) groups excluding carboxylic acids is 2. The molecule has 0 saturated carbocycles. The monoisotopic (exact) mass is 619 g/mol. The van der Waals surface area contributed by atoms with Crippen molar-refractivity contribution in [1.29, 1.82) is 0 Å². The van der Waals surface area contributed by atoms with Gasteiger partial charge in [-0.2, -0.15) is 0 Å². The predicted octanol–water partition coefficient (Wildman–Crippen LogP) is 5.84. The molecule has 1 N–H and O–H groups in total. The Bertz CT molecular complexity index is 1450. The molecule has 220 valence electrons. The molecular weight excluding hydrogens is 585 g/mol. The molecule has 0 saturated heterocycles. The van der Waals surface area contributed by atoms with Crippen molar-refractivity contribution >= 4 is 50.7 Å². The first-order valence-corrected chi connectivity index (χ1v) is 15.5. The molecule has 1 unspecified atom stereocenters. The summed E-state index contributed by atoms with van der Waals surface area (Å²) < 4.78 is 34.4. The van der Waals surface area contributed by atoms with E-state index in [9.17, 15) is 18.0 Å². The maximum Gasteiger partial charge on any atom is 0.264 e. The van der Waals surface area contributed by atoms with Crippen LogP contribution >= 0.6 is 23.2 Å². The highest BCUT2D eigenvalue weighted by Gasteiger charge is 2.32. The van der Waals surface area contributed by atoms with Crippen LogP contribution in [0.15, 0.2) is 71.6 Å². The molecule has 0 heterocycles. The van der Waals surface area contributed by atoms with E-state index in [0.717, 1.165) is 16.3 Å². The largest absolute Gasteiger partial charge is 0.494 e. The van der Waals surface area contributed by atoms with E-state index < -0.39 is 28.5 Å². The summed E-state index contributed by atoms with van der Waals surface area (Å²) in [4.78, 5) is 28.3. The number of halogens is 2. The number of hydrogen-bond acceptors (Lipinski definition) is 5. The number of hydrogen-bond donors (Lipinski definition) is 1. The van der Waals surface area contributed by atoms with Gasteiger partial charge in [-0.05, 0) is 81.3 Å². The second-order valence-electron chi connectivity index (χ2n) is 9.49. The van der Waals surface area contributed by atoms with E-state index >= 15 is 0 Å². The Morgan fingerprint density at radius 1 is 0.951 bits per heavy atom. The predicted molar refractivity (Wildman–Crippen MR) is 163 cm³/mol. The van der Waals surface area contributed by atoms with Gasteiger partial charge in [-0.15, -0.1) is 0 Å². The second kappa shape index (κ2) is 14.6. The first-order valence-electron chi connectivity index (χ1n) is 13.3. The minimum absolute atomic E-state index is 0.000835. The summed E-state index contributed by atoms with van der Waals surface area (Å²) in [5, 5.41) is 3.47. The van der Waals surface area contributed by atoms with Gasteiger partial charge in [0, 0.05) is 13.1 Å². The molecule has 0 bridgehead atoms. The lowest BCUT2D eigenvalue weighted by molar-refractivity contribution is -0.139. The Morgan fingerprint density at radius 2 is 1.61 bits per heavy atom. The average Bonchev–Trinajstić information content (AvgIpc) is 2.95. The lowest BCUT2D eigenvalue weighted by Crippen LogP contribution is -2.51. The smallest absolute Gasteiger partial charge is 0.264 e. The number of nitrogens with zero attached hydrogens (tertiary/aromatic N) is 2. The maximum atomic E-state index is 13.9. The Labute approximate surface area is 252 Å². The molecule has 3 aromatic rings. The van der Waals surface area contributed by atoms with E-state index in [4.69, 9.17) is 27.9 Å². The van der Waals surface area contributed by atoms with Crippen molar-refractivity contribution in [3.8, 4) is 5.75 Å². The van der Waals surface area contributed by atoms with Crippen molar-refractivity contribution in [1.82, 2.24) is 10.2 Å². The highest BCUT2D eigenvalue weighted by molar-refractivity contribution is 7.92. The van der Waals surface area contributed by atoms with Crippen molar-refractivity contribution in [2.24, 2.45) is 0 Å². The standard InChI is InChI=1S/C30H35Cl2N3O5S/c1-5-17-33-30(37)22(4)34(19-23-9-16-27(31)28(32)18-23)29(36)20-35(24-10-7-21(3)8-11-24)41(38,39)26-14-12-25(13-15-26)40-6-2/h7-16,18,22H,5-6,17,19-20H2,1-4H3,(H,33,37). The van der Waals surface area contributed by atoms with Crippen LogP contribution in [-0.2, 0) is 26.2 Å². The van der Waals surface area contributed by atoms with Crippen molar-refractivity contribution in [2.75, 3.05) is 24.0 Å². The van der Waals surface area contributed by atoms with E-state index in [2.05, 4.69) is 5.32 Å². The van der Waals surface area contributed by atoms with Crippen LogP contribution in [0.2, 0.25) is 10.0 Å². The summed E-state index contributed by atoms with van der Waals surface area (Å²) in [6.45, 7) is 7.62. The zero-order valence-corrected chi connectivity index (χ0v) is 25.9. The summed E-state index contributed by atoms with van der Waals surface area (Å²) in [5.41, 5.74) is 1.88. The van der Waals surface area contributed by atoms with Gasteiger partial charge >= 0.3 is 0 Å². The number of rotatable bonds is 13. The Balaban J connectivity index is 2.02. The fourth-order valence-electron chi connectivity index (χ4n) is 4.05. The van der Waals surface area contributed by atoms with E-state index in [1.54, 1.807) is 61.5 Å². The van der Waals surface area contributed by atoms with Gasteiger partial charge in [-0.1, -0.05) is 53.9 Å². The van der Waals surface area contributed by atoms with Crippen LogP contribution in [0.4, 0.5) is 5.69 Å². The van der Waals surface area contributed by atoms with Crippen molar-refractivity contribution in [2.45, 2.75) is 51.6 Å². The summed E-state index contributed by atoms with van der Waals surface area (Å²) in [7, 11) is -4.18. The minimum Gasteiger partial charge on any atom is -0.494 e. The maximum absolute atomic E-state index is 13.9. The fourth-order valence-corrected chi connectivity index (χ4v) is 5.79. The van der Waals surface area contributed by atoms with Gasteiger partial charge in [0.2, 0.25) is 11.8 Å². The fraction of sp³-hybridized carbons (Fsp3) is 0.333. The molecule has 3 aromatic carbocycles. The van der Waals surface area contributed by atoms with E-state index in [-0.39, 0.29) is 17.3 Å². The van der Waals surface area contributed by atoms with Gasteiger partial charge in [-0.25, -0.2) is 8.42 Å². The van der Waals surface area contributed by atoms with Gasteiger partial charge in [0.1, 0.15) is 18.3 Å². The van der Waals surface area contributed by atoms with Crippen LogP contribution in [0.5, 0.6) is 5.75 Å². The SMILES string of the molecule is CCCNC(=O)C(C)N(Cc1ccc(Cl)c(Cl)c1)C(=O)CN(c1ccc(C)cc1)S(=O)(=O)c1ccc(OCC)cc1. The third-order valence-electron chi connectivity index (χ3n) is 6.38. The molecule has 11 heteroatoms. The second-order valence-corrected chi connectivity index (χ2v) is 12.2. The molecule has 0 aliphatic carbocycles. The number of aryl methyl sites for hydroxylation is 1. The van der Waals surface area contributed by atoms with Crippen molar-refractivity contribution < 1.29 is 22.7 Å². The number of sulfonamides is 1. The molecule has 3 rings (SSSR count). The molecule has 2 amide bonds. The van der Waals surface area contributed by atoms with Crippen LogP contribution in [-0.4, -0.2) is 50.9 Å². The van der Waals surface area contributed by atoms with Crippen LogP contribution < -0.4 is 14.4 Å². The summed E-state index contributed by atoms with van der Waals surface area (Å²) in [6, 6.07) is 16.9. The lowest BCUT2D eigenvalue weighted by Gasteiger charge is -2.32. The van der Waals surface area contributed by atoms with Crippen LogP contribution in [0.1, 0.15) is 38.3 Å². The molecular formula is C30H35Cl2N3O5S. The Morgan fingerprint density at radius 3 is 2.20 bits per heavy atom. The highest BCUT2D eigenvalue weighted by Crippen LogP contribution is 2.27. The van der Waals surface area contributed by atoms with E-state index in [1.807, 2.05) is 20.8 Å². The van der Waals surface area contributed by atoms with Gasteiger partial charge in [0.05, 0.1) is 27.2 Å². The van der Waals surface area contributed by atoms with Gasteiger partial charge < -0.3 is 15.0 Å². The third-order valence-corrected chi connectivity index (χ3v) is 8.90. The number of ether oxygens (including phenoxy) is 1. The zero-order valence-electron chi connectivity index (χ0n) is 23.6. The highest BCUT2D eigenvalue weighted by atomic mass is 35.5. The number of nitrogens with one attached hydrogen (secondary N) is 1. The lowest BCUT2D eigenvalue weighted by atomic mass is 10.1. The van der Waals surface area contributed by atoms with Crippen LogP contribution in [0.3, 0.4) is 0 Å². The quantitative estimate of drug-likeness (QED) is 0.259. The van der Waals surface area contributed by atoms with Crippen molar-refractivity contribution in [3.05, 3.63) is 87.9 Å². The Hall–Kier alpha value is -3.27. The normalized spacial score (nSPS) is 12.0. The van der Waals surface area contributed by atoms with E-state index in [0.29, 0.717) is 40.2 Å². The average molecular weight is 621 g/mol. The topological polar surface area (TPSA) is 96.0 Å². The molecule has 0 spiro atoms. The first kappa shape index (κ1) is 32.2. The van der Waals surface area contributed by atoms with Gasteiger partial charge in [-0.3, -0.25) is 13.9 Å². The number of carbonyl (C=O) groups is 2. The molecule has 41 heavy (non-hydrogen) atoms. The number of amides is 2. The van der Waals surface area contributed by atoms with Crippen LogP contribution in [0.25, 0.3) is 0 Å². The Kier molecular flexibility index (Phi) is 11.5. The summed E-state index contributed by atoms with van der Waals surface area (Å²) >= 11 is 12.3. The van der Waals surface area contributed by atoms with E-state index in [1.165, 1.54) is 17.0 Å². The summed E-state index contributed by atoms with van der Waals surface area (Å²) in [5.74, 6) is -0.383. The number of benzene rings is 3. The van der Waals surface area contributed by atoms with Gasteiger partial charge in [0.15, 0.2) is 0 Å². The summed E-state index contributed by atoms with van der Waals surface area (Å²) in [6.07, 6.45) is 0.723. The van der Waals surface area contributed by atoms with Crippen LogP contribution in [0, 0.1) is 6.92 Å². The molecule has 0 aliphatic heterocycles. The third kappa shape index (κ3) is 8.38. The minimum atomic E-state index is -4.18. The molecule has 0 aromatic heterocycles.